The maximum Gasteiger partial charge on any atom is 0.207 e. The van der Waals surface area contributed by atoms with E-state index in [1.54, 1.807) is 0 Å². The topological polar surface area (TPSA) is 55.8 Å². The van der Waals surface area contributed by atoms with Gasteiger partial charge in [0.25, 0.3) is 0 Å². The molecule has 0 bridgehead atoms. The monoisotopic (exact) mass is 713 g/mol. The van der Waals surface area contributed by atoms with Crippen LogP contribution in [0.1, 0.15) is 33.3 Å². The number of nitrogens with zero attached hydrogens (tertiary/aromatic N) is 1. The van der Waals surface area contributed by atoms with Crippen LogP contribution in [0, 0.1) is 0 Å². The second kappa shape index (κ2) is 15.7. The van der Waals surface area contributed by atoms with Crippen molar-refractivity contribution in [1.29, 1.82) is 0 Å². The molecule has 0 aliphatic carbocycles. The Labute approximate surface area is 302 Å². The van der Waals surface area contributed by atoms with Crippen LogP contribution in [0.2, 0.25) is 0 Å². The summed E-state index contributed by atoms with van der Waals surface area (Å²) in [5.74, 6) is 1.32. The van der Waals surface area contributed by atoms with Crippen LogP contribution in [-0.4, -0.2) is 23.9 Å². The van der Waals surface area contributed by atoms with Crippen LogP contribution in [0.5, 0.6) is 11.5 Å². The summed E-state index contributed by atoms with van der Waals surface area (Å²) < 4.78 is 46.5. The molecule has 1 unspecified atom stereocenters. The number of rotatable bonds is 13. The standard InChI is InChI=1S/C44H45NO4P2/c1-33(2)48-40-28-19-29-41(49-34(3)4)44(40)39-27-16-18-31-43(39)51(47,38-25-13-8-14-26-38)45(5)32-35-20-15-17-30-42(35)50(46,36-21-9-6-10-22-36)37-23-11-7-12-24-37/h6-31,33-34H,32H2,1-5H3. The van der Waals surface area contributed by atoms with E-state index >= 15 is 9.13 Å². The first-order valence-corrected chi connectivity index (χ1v) is 20.7. The molecule has 1 atom stereocenters. The Kier molecular flexibility index (Phi) is 11.1. The Hall–Kier alpha value is -4.66. The van der Waals surface area contributed by atoms with Crippen LogP contribution in [0.3, 0.4) is 0 Å². The minimum absolute atomic E-state index is 0.0877. The molecule has 7 heteroatoms. The van der Waals surface area contributed by atoms with Crippen molar-refractivity contribution < 1.29 is 18.6 Å². The molecule has 0 spiro atoms. The van der Waals surface area contributed by atoms with Gasteiger partial charge in [-0.2, -0.15) is 0 Å². The van der Waals surface area contributed by atoms with Gasteiger partial charge in [0.1, 0.15) is 11.5 Å². The van der Waals surface area contributed by atoms with Crippen LogP contribution in [0.15, 0.2) is 158 Å². The molecule has 6 rings (SSSR count). The van der Waals surface area contributed by atoms with Gasteiger partial charge in [-0.15, -0.1) is 0 Å². The molecule has 0 saturated carbocycles. The van der Waals surface area contributed by atoms with E-state index in [1.165, 1.54) is 0 Å². The van der Waals surface area contributed by atoms with Gasteiger partial charge in [0.15, 0.2) is 7.14 Å². The summed E-state index contributed by atoms with van der Waals surface area (Å²) >= 11 is 0. The van der Waals surface area contributed by atoms with Gasteiger partial charge in [-0.25, -0.2) is 4.67 Å². The first-order valence-electron chi connectivity index (χ1n) is 17.4. The van der Waals surface area contributed by atoms with Crippen molar-refractivity contribution in [2.45, 2.75) is 46.4 Å². The zero-order valence-electron chi connectivity index (χ0n) is 29.8. The average molecular weight is 714 g/mol. The minimum Gasteiger partial charge on any atom is -0.490 e. The van der Waals surface area contributed by atoms with Gasteiger partial charge < -0.3 is 14.0 Å². The van der Waals surface area contributed by atoms with Crippen molar-refractivity contribution in [3.63, 3.8) is 0 Å². The highest BCUT2D eigenvalue weighted by Crippen LogP contribution is 2.52. The van der Waals surface area contributed by atoms with Crippen molar-refractivity contribution in [3.8, 4) is 22.6 Å². The van der Waals surface area contributed by atoms with Gasteiger partial charge in [-0.1, -0.05) is 127 Å². The zero-order valence-corrected chi connectivity index (χ0v) is 31.6. The van der Waals surface area contributed by atoms with Crippen molar-refractivity contribution in [2.24, 2.45) is 0 Å². The highest BCUT2D eigenvalue weighted by molar-refractivity contribution is 7.85. The minimum atomic E-state index is -3.58. The number of hydrogen-bond acceptors (Lipinski definition) is 4. The third-order valence-electron chi connectivity index (χ3n) is 8.77. The van der Waals surface area contributed by atoms with Gasteiger partial charge in [0, 0.05) is 38.6 Å². The average Bonchev–Trinajstić information content (AvgIpc) is 3.15. The summed E-state index contributed by atoms with van der Waals surface area (Å²) in [5.41, 5.74) is 2.38. The maximum absolute atomic E-state index is 16.3. The SMILES string of the molecule is CC(C)Oc1cccc(OC(C)C)c1-c1ccccc1P(=O)(c1ccccc1)N(C)Cc1ccccc1P(=O)(c1ccccc1)c1ccccc1. The normalized spacial score (nSPS) is 12.9. The highest BCUT2D eigenvalue weighted by Gasteiger charge is 2.38. The van der Waals surface area contributed by atoms with E-state index in [0.29, 0.717) is 22.1 Å². The van der Waals surface area contributed by atoms with E-state index < -0.39 is 14.4 Å². The molecule has 260 valence electrons. The van der Waals surface area contributed by atoms with E-state index in [4.69, 9.17) is 9.47 Å². The Morgan fingerprint density at radius 1 is 0.510 bits per heavy atom. The summed E-state index contributed by atoms with van der Waals surface area (Å²) in [6.07, 6.45) is -0.175. The molecule has 0 fully saturated rings. The first kappa shape index (κ1) is 36.1. The number of ether oxygens (including phenoxy) is 2. The smallest absolute Gasteiger partial charge is 0.207 e. The van der Waals surface area contributed by atoms with Gasteiger partial charge >= 0.3 is 0 Å². The molecule has 0 saturated heterocycles. The van der Waals surface area contributed by atoms with Crippen molar-refractivity contribution >= 4 is 41.0 Å². The lowest BCUT2D eigenvalue weighted by molar-refractivity contribution is 0.231. The molecule has 0 aliphatic rings. The second-order valence-electron chi connectivity index (χ2n) is 13.1. The van der Waals surface area contributed by atoms with E-state index in [9.17, 15) is 0 Å². The summed E-state index contributed by atoms with van der Waals surface area (Å²) in [4.78, 5) is 0. The molecule has 0 aliphatic heterocycles. The molecule has 0 radical (unpaired) electrons. The lowest BCUT2D eigenvalue weighted by atomic mass is 10.0. The van der Waals surface area contributed by atoms with E-state index in [2.05, 4.69) is 0 Å². The molecular formula is C44H45NO4P2. The predicted octanol–water partition coefficient (Wildman–Crippen LogP) is 8.93. The fraction of sp³-hybridized carbons (Fsp3) is 0.182. The van der Waals surface area contributed by atoms with Crippen molar-refractivity contribution in [2.75, 3.05) is 7.05 Å². The second-order valence-corrected chi connectivity index (χ2v) is 18.7. The molecule has 0 N–H and O–H groups in total. The largest absolute Gasteiger partial charge is 0.490 e. The van der Waals surface area contributed by atoms with Gasteiger partial charge in [-0.3, -0.25) is 4.57 Å². The van der Waals surface area contributed by atoms with E-state index in [1.807, 2.05) is 197 Å². The molecule has 51 heavy (non-hydrogen) atoms. The summed E-state index contributed by atoms with van der Waals surface area (Å²) in [5, 5.41) is 3.59. The molecule has 5 nitrogen and oxygen atoms in total. The molecule has 0 aromatic heterocycles. The Bertz CT molecular complexity index is 2100. The van der Waals surface area contributed by atoms with Gasteiger partial charge in [-0.05, 0) is 70.6 Å². The van der Waals surface area contributed by atoms with Crippen molar-refractivity contribution in [1.82, 2.24) is 4.67 Å². The summed E-state index contributed by atoms with van der Waals surface area (Å²) in [6.45, 7) is 8.26. The van der Waals surface area contributed by atoms with Crippen LogP contribution < -0.4 is 36.0 Å². The molecule has 6 aromatic rings. The first-order chi connectivity index (χ1) is 24.6. The lowest BCUT2D eigenvalue weighted by Gasteiger charge is -2.32. The van der Waals surface area contributed by atoms with Gasteiger partial charge in [0.05, 0.1) is 17.8 Å². The molecule has 6 aromatic carbocycles. The van der Waals surface area contributed by atoms with Crippen LogP contribution >= 0.6 is 14.4 Å². The Morgan fingerprint density at radius 2 is 0.941 bits per heavy atom. The fourth-order valence-corrected chi connectivity index (χ4v) is 12.2. The van der Waals surface area contributed by atoms with Crippen LogP contribution in [-0.2, 0) is 15.7 Å². The Morgan fingerprint density at radius 3 is 1.45 bits per heavy atom. The highest BCUT2D eigenvalue weighted by atomic mass is 31.2. The van der Waals surface area contributed by atoms with Crippen LogP contribution in [0.25, 0.3) is 11.1 Å². The summed E-state index contributed by atoms with van der Waals surface area (Å²) in [7, 11) is -4.99. The lowest BCUT2D eigenvalue weighted by Crippen LogP contribution is -2.33. The fourth-order valence-electron chi connectivity index (χ4n) is 6.58. The van der Waals surface area contributed by atoms with E-state index in [-0.39, 0.29) is 18.8 Å². The zero-order chi connectivity index (χ0) is 36.0. The number of benzene rings is 6. The molecule has 0 amide bonds. The van der Waals surface area contributed by atoms with E-state index in [0.717, 1.165) is 32.6 Å². The maximum atomic E-state index is 16.3. The summed E-state index contributed by atoms with van der Waals surface area (Å²) in [6, 6.07) is 50.5. The third kappa shape index (κ3) is 7.39. The predicted molar refractivity (Wildman–Crippen MR) is 214 cm³/mol. The van der Waals surface area contributed by atoms with Crippen LogP contribution in [0.4, 0.5) is 0 Å². The van der Waals surface area contributed by atoms with Crippen molar-refractivity contribution in [3.05, 3.63) is 163 Å². The third-order valence-corrected chi connectivity index (χ3v) is 15.1. The molecule has 0 heterocycles. The quantitative estimate of drug-likeness (QED) is 0.112. The Balaban J connectivity index is 1.55. The van der Waals surface area contributed by atoms with Gasteiger partial charge in [0.2, 0.25) is 7.29 Å². The molecular weight excluding hydrogens is 668 g/mol. The number of hydrogen-bond donors (Lipinski definition) is 0.